The van der Waals surface area contributed by atoms with Crippen LogP contribution in [0, 0.1) is 0 Å². The number of anilines is 1. The second kappa shape index (κ2) is 3.16. The Bertz CT molecular complexity index is 363. The van der Waals surface area contributed by atoms with Crippen LogP contribution in [0.5, 0.6) is 0 Å². The van der Waals surface area contributed by atoms with E-state index in [9.17, 15) is 0 Å². The molecule has 0 aliphatic carbocycles. The molecule has 0 N–H and O–H groups in total. The Morgan fingerprint density at radius 3 is 2.64 bits per heavy atom. The molecule has 1 aromatic rings. The Balaban J connectivity index is 2.53. The first-order valence-corrected chi connectivity index (χ1v) is 5.21. The van der Waals surface area contributed by atoms with Gasteiger partial charge in [-0.1, -0.05) is 30.4 Å². The lowest BCUT2D eigenvalue weighted by atomic mass is 9.94. The molecule has 0 aromatic heterocycles. The van der Waals surface area contributed by atoms with Crippen LogP contribution in [0.15, 0.2) is 30.3 Å². The Labute approximate surface area is 86.1 Å². The number of para-hydroxylation sites is 1. The highest BCUT2D eigenvalue weighted by molar-refractivity contribution is 5.73. The summed E-state index contributed by atoms with van der Waals surface area (Å²) in [5.41, 5.74) is 2.82. The van der Waals surface area contributed by atoms with E-state index in [1.807, 2.05) is 0 Å². The molecule has 1 heteroatoms. The zero-order chi connectivity index (χ0) is 10.2. The van der Waals surface area contributed by atoms with Crippen LogP contribution >= 0.6 is 0 Å². The second-order valence-electron chi connectivity index (χ2n) is 4.29. The largest absolute Gasteiger partial charge is 0.363 e. The van der Waals surface area contributed by atoms with Gasteiger partial charge in [-0.25, -0.2) is 0 Å². The zero-order valence-corrected chi connectivity index (χ0v) is 9.12. The number of rotatable bonds is 1. The van der Waals surface area contributed by atoms with E-state index in [1.54, 1.807) is 0 Å². The van der Waals surface area contributed by atoms with Crippen LogP contribution in [-0.2, 0) is 0 Å². The molecule has 0 atom stereocenters. The van der Waals surface area contributed by atoms with Gasteiger partial charge in [0, 0.05) is 12.2 Å². The highest BCUT2D eigenvalue weighted by Crippen LogP contribution is 2.33. The van der Waals surface area contributed by atoms with Crippen molar-refractivity contribution in [1.29, 1.82) is 0 Å². The van der Waals surface area contributed by atoms with Gasteiger partial charge in [-0.3, -0.25) is 0 Å². The van der Waals surface area contributed by atoms with Gasteiger partial charge in [0.15, 0.2) is 0 Å². The van der Waals surface area contributed by atoms with Crippen LogP contribution in [0.4, 0.5) is 5.69 Å². The lowest BCUT2D eigenvalue weighted by molar-refractivity contribution is 0.569. The van der Waals surface area contributed by atoms with Crippen molar-refractivity contribution in [2.75, 3.05) is 11.4 Å². The third kappa shape index (κ3) is 1.33. The molecule has 1 aliphatic rings. The zero-order valence-electron chi connectivity index (χ0n) is 9.12. The van der Waals surface area contributed by atoms with E-state index in [4.69, 9.17) is 0 Å². The first-order valence-electron chi connectivity index (χ1n) is 5.21. The number of benzene rings is 1. The van der Waals surface area contributed by atoms with E-state index in [0.717, 1.165) is 6.54 Å². The van der Waals surface area contributed by atoms with Gasteiger partial charge in [-0.2, -0.15) is 0 Å². The van der Waals surface area contributed by atoms with Gasteiger partial charge in [0.2, 0.25) is 0 Å². The van der Waals surface area contributed by atoms with Gasteiger partial charge in [0.1, 0.15) is 0 Å². The maximum atomic E-state index is 2.43. The molecule has 1 aromatic carbocycles. The lowest BCUT2D eigenvalue weighted by Gasteiger charge is -2.41. The van der Waals surface area contributed by atoms with E-state index in [-0.39, 0.29) is 5.54 Å². The molecular formula is C13H17N. The van der Waals surface area contributed by atoms with Crippen molar-refractivity contribution in [3.05, 3.63) is 35.9 Å². The summed E-state index contributed by atoms with van der Waals surface area (Å²) in [6.45, 7) is 7.76. The van der Waals surface area contributed by atoms with Gasteiger partial charge in [0.05, 0.1) is 5.54 Å². The van der Waals surface area contributed by atoms with Crippen molar-refractivity contribution >= 4 is 11.8 Å². The Kier molecular flexibility index (Phi) is 2.10. The monoisotopic (exact) mass is 187 g/mol. The van der Waals surface area contributed by atoms with Crippen LogP contribution in [0.25, 0.3) is 6.08 Å². The molecular weight excluding hydrogens is 170 g/mol. The minimum atomic E-state index is 0.142. The van der Waals surface area contributed by atoms with Crippen LogP contribution in [0.1, 0.15) is 26.3 Å². The lowest BCUT2D eigenvalue weighted by Crippen LogP contribution is -2.44. The van der Waals surface area contributed by atoms with Crippen LogP contribution in [0.2, 0.25) is 0 Å². The van der Waals surface area contributed by atoms with Gasteiger partial charge in [-0.15, -0.1) is 0 Å². The Morgan fingerprint density at radius 2 is 1.93 bits per heavy atom. The van der Waals surface area contributed by atoms with E-state index in [0.29, 0.717) is 0 Å². The fourth-order valence-corrected chi connectivity index (χ4v) is 2.15. The first-order chi connectivity index (χ1) is 6.65. The minimum absolute atomic E-state index is 0.142. The van der Waals surface area contributed by atoms with Crippen molar-refractivity contribution in [3.8, 4) is 0 Å². The summed E-state index contributed by atoms with van der Waals surface area (Å²) in [7, 11) is 0. The van der Waals surface area contributed by atoms with Gasteiger partial charge >= 0.3 is 0 Å². The van der Waals surface area contributed by atoms with Crippen molar-refractivity contribution < 1.29 is 0 Å². The molecule has 1 heterocycles. The molecule has 14 heavy (non-hydrogen) atoms. The fraction of sp³-hybridized carbons (Fsp3) is 0.385. The summed E-state index contributed by atoms with van der Waals surface area (Å²) in [6.07, 6.45) is 4.50. The number of hydrogen-bond acceptors (Lipinski definition) is 1. The second-order valence-corrected chi connectivity index (χ2v) is 4.29. The SMILES string of the molecule is CCN1c2ccccc2C=CC1(C)C. The topological polar surface area (TPSA) is 3.24 Å². The molecule has 0 unspecified atom stereocenters. The third-order valence-electron chi connectivity index (χ3n) is 2.91. The summed E-state index contributed by atoms with van der Waals surface area (Å²) in [4.78, 5) is 2.43. The summed E-state index contributed by atoms with van der Waals surface area (Å²) >= 11 is 0. The molecule has 0 amide bonds. The summed E-state index contributed by atoms with van der Waals surface area (Å²) < 4.78 is 0. The first kappa shape index (κ1) is 9.32. The molecule has 0 saturated carbocycles. The number of likely N-dealkylation sites (N-methyl/N-ethyl adjacent to an activating group) is 1. The van der Waals surface area contributed by atoms with E-state index >= 15 is 0 Å². The Morgan fingerprint density at radius 1 is 1.21 bits per heavy atom. The summed E-state index contributed by atoms with van der Waals surface area (Å²) in [5.74, 6) is 0. The smallest absolute Gasteiger partial charge is 0.0531 e. The molecule has 1 aliphatic heterocycles. The van der Waals surface area contributed by atoms with Crippen molar-refractivity contribution in [2.24, 2.45) is 0 Å². The summed E-state index contributed by atoms with van der Waals surface area (Å²) in [5, 5.41) is 0. The molecule has 0 saturated heterocycles. The normalized spacial score (nSPS) is 18.1. The highest BCUT2D eigenvalue weighted by atomic mass is 15.2. The molecule has 0 radical (unpaired) electrons. The predicted molar refractivity (Wildman–Crippen MR) is 62.6 cm³/mol. The van der Waals surface area contributed by atoms with E-state index < -0.39 is 0 Å². The number of nitrogens with zero attached hydrogens (tertiary/aromatic N) is 1. The maximum absolute atomic E-state index is 2.43. The van der Waals surface area contributed by atoms with Gasteiger partial charge in [-0.05, 0) is 32.4 Å². The van der Waals surface area contributed by atoms with Crippen LogP contribution in [-0.4, -0.2) is 12.1 Å². The molecule has 74 valence electrons. The third-order valence-corrected chi connectivity index (χ3v) is 2.91. The van der Waals surface area contributed by atoms with Crippen LogP contribution in [0.3, 0.4) is 0 Å². The number of fused-ring (bicyclic) bond motifs is 1. The average Bonchev–Trinajstić information content (AvgIpc) is 2.17. The quantitative estimate of drug-likeness (QED) is 0.652. The predicted octanol–water partition coefficient (Wildman–Crippen LogP) is 3.32. The molecule has 0 bridgehead atoms. The van der Waals surface area contributed by atoms with Crippen molar-refractivity contribution in [3.63, 3.8) is 0 Å². The highest BCUT2D eigenvalue weighted by Gasteiger charge is 2.26. The molecule has 1 nitrogen and oxygen atoms in total. The standard InChI is InChI=1S/C13H17N/c1-4-14-12-8-6-5-7-11(12)9-10-13(14,2)3/h5-10H,4H2,1-3H3. The van der Waals surface area contributed by atoms with E-state index in [2.05, 4.69) is 62.1 Å². The molecule has 0 spiro atoms. The summed E-state index contributed by atoms with van der Waals surface area (Å²) in [6, 6.07) is 8.57. The average molecular weight is 187 g/mol. The Hall–Kier alpha value is -1.24. The fourth-order valence-electron chi connectivity index (χ4n) is 2.15. The minimum Gasteiger partial charge on any atom is -0.363 e. The van der Waals surface area contributed by atoms with Crippen LogP contribution < -0.4 is 4.90 Å². The molecule has 0 fully saturated rings. The molecule has 2 rings (SSSR count). The van der Waals surface area contributed by atoms with Gasteiger partial charge < -0.3 is 4.90 Å². The van der Waals surface area contributed by atoms with Gasteiger partial charge in [0.25, 0.3) is 0 Å². The number of hydrogen-bond donors (Lipinski definition) is 0. The maximum Gasteiger partial charge on any atom is 0.0531 e. The van der Waals surface area contributed by atoms with E-state index in [1.165, 1.54) is 11.3 Å². The van der Waals surface area contributed by atoms with Crippen molar-refractivity contribution in [2.45, 2.75) is 26.3 Å². The van der Waals surface area contributed by atoms with Crippen molar-refractivity contribution in [1.82, 2.24) is 0 Å².